The van der Waals surface area contributed by atoms with E-state index in [1.807, 2.05) is 0 Å². The highest BCUT2D eigenvalue weighted by Crippen LogP contribution is 2.17. The Labute approximate surface area is 150 Å². The quantitative estimate of drug-likeness (QED) is 0.570. The zero-order valence-electron chi connectivity index (χ0n) is 14.4. The van der Waals surface area contributed by atoms with Crippen LogP contribution in [0.5, 0.6) is 5.88 Å². The Kier molecular flexibility index (Phi) is 7.04. The monoisotopic (exact) mass is 362 g/mol. The van der Waals surface area contributed by atoms with Crippen molar-refractivity contribution in [2.45, 2.75) is 6.04 Å². The zero-order valence-corrected chi connectivity index (χ0v) is 14.4. The summed E-state index contributed by atoms with van der Waals surface area (Å²) in [6.07, 6.45) is 1.42. The summed E-state index contributed by atoms with van der Waals surface area (Å²) in [6, 6.07) is 7.07. The Balaban J connectivity index is 2.15. The summed E-state index contributed by atoms with van der Waals surface area (Å²) in [6.45, 7) is 0.669. The molecule has 1 N–H and O–H groups in total. The first kappa shape index (κ1) is 19.3. The molecule has 1 aromatic carbocycles. The summed E-state index contributed by atoms with van der Waals surface area (Å²) in [5.41, 5.74) is 0.653. The number of carbonyl (C=O) groups excluding carboxylic acids is 2. The molecule has 1 atom stereocenters. The molecule has 7 nitrogen and oxygen atoms in total. The number of pyridine rings is 1. The average molecular weight is 362 g/mol. The fourth-order valence-electron chi connectivity index (χ4n) is 2.13. The van der Waals surface area contributed by atoms with E-state index in [0.29, 0.717) is 12.2 Å². The van der Waals surface area contributed by atoms with Crippen LogP contribution in [0.1, 0.15) is 22.0 Å². The number of halogens is 1. The number of esters is 1. The number of aromatic nitrogens is 1. The topological polar surface area (TPSA) is 86.8 Å². The van der Waals surface area contributed by atoms with Gasteiger partial charge in [0.2, 0.25) is 5.88 Å². The number of amides is 1. The Morgan fingerprint density at radius 3 is 2.54 bits per heavy atom. The van der Waals surface area contributed by atoms with Crippen molar-refractivity contribution in [1.29, 1.82) is 0 Å². The smallest absolute Gasteiger partial charge is 0.333 e. The van der Waals surface area contributed by atoms with E-state index in [1.165, 1.54) is 49.7 Å². The molecule has 1 heterocycles. The second-order valence-electron chi connectivity index (χ2n) is 5.21. The maximum atomic E-state index is 13.1. The first-order valence-corrected chi connectivity index (χ1v) is 7.77. The van der Waals surface area contributed by atoms with Crippen LogP contribution in [0, 0.1) is 5.82 Å². The molecular weight excluding hydrogens is 343 g/mol. The van der Waals surface area contributed by atoms with Crippen molar-refractivity contribution in [2.75, 3.05) is 27.4 Å². The molecule has 1 aromatic heterocycles. The highest BCUT2D eigenvalue weighted by molar-refractivity contribution is 5.97. The molecule has 0 aliphatic carbocycles. The number of hydrogen-bond donors (Lipinski definition) is 1. The average Bonchev–Trinajstić information content (AvgIpc) is 2.66. The van der Waals surface area contributed by atoms with E-state index in [9.17, 15) is 14.0 Å². The highest BCUT2D eigenvalue weighted by Gasteiger charge is 2.24. The van der Waals surface area contributed by atoms with Crippen LogP contribution < -0.4 is 10.1 Å². The lowest BCUT2D eigenvalue weighted by atomic mass is 10.1. The lowest BCUT2D eigenvalue weighted by molar-refractivity contribution is -0.143. The van der Waals surface area contributed by atoms with Crippen LogP contribution in [0.25, 0.3) is 0 Å². The van der Waals surface area contributed by atoms with Crippen LogP contribution in [-0.4, -0.2) is 44.3 Å². The summed E-state index contributed by atoms with van der Waals surface area (Å²) in [5, 5.41) is 2.57. The number of benzene rings is 1. The van der Waals surface area contributed by atoms with Gasteiger partial charge in [-0.3, -0.25) is 4.79 Å². The minimum absolute atomic E-state index is 0.253. The van der Waals surface area contributed by atoms with Gasteiger partial charge in [-0.25, -0.2) is 14.2 Å². The summed E-state index contributed by atoms with van der Waals surface area (Å²) >= 11 is 0. The van der Waals surface area contributed by atoms with Crippen LogP contribution in [-0.2, 0) is 14.3 Å². The molecule has 2 rings (SSSR count). The molecule has 2 aromatic rings. The first-order chi connectivity index (χ1) is 12.5. The largest absolute Gasteiger partial charge is 0.475 e. The number of nitrogens with zero attached hydrogens (tertiary/aromatic N) is 1. The van der Waals surface area contributed by atoms with E-state index in [4.69, 9.17) is 14.2 Å². The molecule has 0 aliphatic rings. The van der Waals surface area contributed by atoms with Gasteiger partial charge >= 0.3 is 5.97 Å². The van der Waals surface area contributed by atoms with E-state index in [-0.39, 0.29) is 18.1 Å². The number of ether oxygens (including phenoxy) is 3. The number of carbonyl (C=O) groups is 2. The van der Waals surface area contributed by atoms with Crippen molar-refractivity contribution in [1.82, 2.24) is 10.3 Å². The standard InChI is InChI=1S/C18H19FN2O5/c1-24-9-10-26-15-11-13(7-8-20-15)17(22)21-16(18(23)25-2)12-3-5-14(19)6-4-12/h3-8,11,16H,9-10H2,1-2H3,(H,21,22). The van der Waals surface area contributed by atoms with Gasteiger partial charge in [-0.05, 0) is 23.8 Å². The predicted octanol–water partition coefficient (Wildman–Crippen LogP) is 1.89. The summed E-state index contributed by atoms with van der Waals surface area (Å²) < 4.78 is 28.1. The number of nitrogens with one attached hydrogen (secondary N) is 1. The van der Waals surface area contributed by atoms with E-state index in [1.54, 1.807) is 7.11 Å². The highest BCUT2D eigenvalue weighted by atomic mass is 19.1. The van der Waals surface area contributed by atoms with Crippen LogP contribution in [0.2, 0.25) is 0 Å². The lowest BCUT2D eigenvalue weighted by Crippen LogP contribution is -2.34. The summed E-state index contributed by atoms with van der Waals surface area (Å²) in [7, 11) is 2.75. The molecule has 0 aliphatic heterocycles. The molecule has 1 unspecified atom stereocenters. The van der Waals surface area contributed by atoms with E-state index in [0.717, 1.165) is 0 Å². The van der Waals surface area contributed by atoms with E-state index >= 15 is 0 Å². The first-order valence-electron chi connectivity index (χ1n) is 7.77. The molecule has 26 heavy (non-hydrogen) atoms. The minimum Gasteiger partial charge on any atom is -0.475 e. The summed E-state index contributed by atoms with van der Waals surface area (Å²) in [5.74, 6) is -1.39. The Hall–Kier alpha value is -3.00. The fourth-order valence-corrected chi connectivity index (χ4v) is 2.13. The zero-order chi connectivity index (χ0) is 18.9. The normalized spacial score (nSPS) is 11.5. The van der Waals surface area contributed by atoms with Gasteiger partial charge in [-0.1, -0.05) is 12.1 Å². The van der Waals surface area contributed by atoms with E-state index in [2.05, 4.69) is 10.3 Å². The molecule has 8 heteroatoms. The maximum Gasteiger partial charge on any atom is 0.333 e. The molecule has 0 fully saturated rings. The number of hydrogen-bond acceptors (Lipinski definition) is 6. The SMILES string of the molecule is COCCOc1cc(C(=O)NC(C(=O)OC)c2ccc(F)cc2)ccn1. The second kappa shape index (κ2) is 9.47. The van der Waals surface area contributed by atoms with Crippen molar-refractivity contribution >= 4 is 11.9 Å². The third-order valence-corrected chi connectivity index (χ3v) is 3.45. The molecule has 0 radical (unpaired) electrons. The molecule has 0 spiro atoms. The molecule has 1 amide bonds. The Morgan fingerprint density at radius 2 is 1.88 bits per heavy atom. The molecule has 0 saturated heterocycles. The van der Waals surface area contributed by atoms with Gasteiger partial charge in [0.05, 0.1) is 13.7 Å². The van der Waals surface area contributed by atoms with Gasteiger partial charge in [-0.2, -0.15) is 0 Å². The van der Waals surface area contributed by atoms with Gasteiger partial charge in [0.25, 0.3) is 5.91 Å². The molecule has 0 saturated carbocycles. The van der Waals surface area contributed by atoms with Gasteiger partial charge in [-0.15, -0.1) is 0 Å². The summed E-state index contributed by atoms with van der Waals surface area (Å²) in [4.78, 5) is 28.5. The van der Waals surface area contributed by atoms with Crippen LogP contribution in [0.3, 0.4) is 0 Å². The van der Waals surface area contributed by atoms with Crippen molar-refractivity contribution in [3.8, 4) is 5.88 Å². The molecular formula is C18H19FN2O5. The third kappa shape index (κ3) is 5.25. The van der Waals surface area contributed by atoms with Gasteiger partial charge in [0, 0.05) is 24.9 Å². The Morgan fingerprint density at radius 1 is 1.15 bits per heavy atom. The maximum absolute atomic E-state index is 13.1. The van der Waals surface area contributed by atoms with Crippen LogP contribution in [0.15, 0.2) is 42.6 Å². The predicted molar refractivity (Wildman–Crippen MR) is 90.2 cm³/mol. The van der Waals surface area contributed by atoms with Crippen molar-refractivity contribution in [3.63, 3.8) is 0 Å². The van der Waals surface area contributed by atoms with E-state index < -0.39 is 23.7 Å². The van der Waals surface area contributed by atoms with Gasteiger partial charge < -0.3 is 19.5 Å². The second-order valence-corrected chi connectivity index (χ2v) is 5.21. The van der Waals surface area contributed by atoms with Gasteiger partial charge in [0.15, 0.2) is 6.04 Å². The fraction of sp³-hybridized carbons (Fsp3) is 0.278. The van der Waals surface area contributed by atoms with Gasteiger partial charge in [0.1, 0.15) is 12.4 Å². The van der Waals surface area contributed by atoms with Crippen LogP contribution >= 0.6 is 0 Å². The third-order valence-electron chi connectivity index (χ3n) is 3.45. The van der Waals surface area contributed by atoms with Crippen molar-refractivity contribution in [2.24, 2.45) is 0 Å². The number of methoxy groups -OCH3 is 2. The molecule has 0 bridgehead atoms. The lowest BCUT2D eigenvalue weighted by Gasteiger charge is -2.17. The minimum atomic E-state index is -1.07. The Bertz CT molecular complexity index is 752. The van der Waals surface area contributed by atoms with Crippen molar-refractivity contribution < 1.29 is 28.2 Å². The molecule has 138 valence electrons. The number of rotatable bonds is 8. The van der Waals surface area contributed by atoms with Crippen LogP contribution in [0.4, 0.5) is 4.39 Å². The van der Waals surface area contributed by atoms with Crippen molar-refractivity contribution in [3.05, 3.63) is 59.5 Å².